The minimum Gasteiger partial charge on any atom is -0.494 e. The second-order valence-corrected chi connectivity index (χ2v) is 34.7. The summed E-state index contributed by atoms with van der Waals surface area (Å²) in [4.78, 5) is 95.4. The number of ether oxygens (including phenoxy) is 1. The molecule has 0 saturated heterocycles. The van der Waals surface area contributed by atoms with E-state index in [4.69, 9.17) is 11.2 Å². The quantitative estimate of drug-likeness (QED) is 0.0665. The summed E-state index contributed by atoms with van der Waals surface area (Å²) in [6, 6.07) is 65.5. The van der Waals surface area contributed by atoms with Crippen LogP contribution in [0.3, 0.4) is 0 Å². The van der Waals surface area contributed by atoms with E-state index in [0.29, 0.717) is 6.61 Å². The van der Waals surface area contributed by atoms with Crippen molar-refractivity contribution in [3.63, 3.8) is 0 Å². The average Bonchev–Trinajstić information content (AvgIpc) is 1.01. The van der Waals surface area contributed by atoms with Gasteiger partial charge in [-0.3, -0.25) is 38.4 Å². The number of terminal acetylenes is 1. The molecule has 0 radical (unpaired) electrons. The molecule has 0 aliphatic rings. The number of anilines is 1. The predicted molar refractivity (Wildman–Crippen MR) is 486 cm³/mol. The Labute approximate surface area is 689 Å². The Bertz CT molecular complexity index is 3910. The third kappa shape index (κ3) is 42.7. The number of benzene rings is 8. The molecule has 0 amide bonds. The Morgan fingerprint density at radius 2 is 0.540 bits per heavy atom. The fourth-order valence-electron chi connectivity index (χ4n) is 9.12. The molecule has 1 N–H and O–H groups in total. The van der Waals surface area contributed by atoms with E-state index in [1.807, 2.05) is 416 Å². The van der Waals surface area contributed by atoms with Gasteiger partial charge in [0.25, 0.3) is 0 Å². The van der Waals surface area contributed by atoms with E-state index in [-0.39, 0.29) is 89.6 Å². The van der Waals surface area contributed by atoms with Crippen molar-refractivity contribution in [1.82, 2.24) is 0 Å². The smallest absolute Gasteiger partial charge is 0.168 e. The molecular weight excluding hydrogens is 1420 g/mol. The minimum atomic E-state index is -0.336. The molecule has 11 heteroatoms. The van der Waals surface area contributed by atoms with Crippen LogP contribution in [0.15, 0.2) is 224 Å². The summed E-state index contributed by atoms with van der Waals surface area (Å²) >= 11 is 1.69. The summed E-state index contributed by atoms with van der Waals surface area (Å²) in [6.45, 7) is 64.5. The van der Waals surface area contributed by atoms with Crippen LogP contribution >= 0.6 is 11.8 Å². The highest BCUT2D eigenvalue weighted by molar-refractivity contribution is 7.98. The van der Waals surface area contributed by atoms with Gasteiger partial charge in [0, 0.05) is 111 Å². The van der Waals surface area contributed by atoms with Gasteiger partial charge in [-0.2, -0.15) is 0 Å². The summed E-state index contributed by atoms with van der Waals surface area (Å²) < 4.78 is 5.31. The van der Waals surface area contributed by atoms with Crippen LogP contribution in [0, 0.1) is 55.7 Å². The molecule has 0 spiro atoms. The fourth-order valence-corrected chi connectivity index (χ4v) is 9.53. The zero-order valence-corrected chi connectivity index (χ0v) is 76.2. The molecule has 0 bridgehead atoms. The van der Waals surface area contributed by atoms with Gasteiger partial charge in [0.2, 0.25) is 0 Å². The van der Waals surface area contributed by atoms with Crippen molar-refractivity contribution in [2.45, 2.75) is 220 Å². The summed E-state index contributed by atoms with van der Waals surface area (Å²) in [6.07, 6.45) is 9.02. The predicted octanol–water partition coefficient (Wildman–Crippen LogP) is 28.2. The van der Waals surface area contributed by atoms with Crippen molar-refractivity contribution in [2.24, 2.45) is 43.3 Å². The maximum Gasteiger partial charge on any atom is 0.168 e. The number of carbonyl (C=O) groups excluding carboxylic acids is 8. The molecule has 10 nitrogen and oxygen atoms in total. The lowest BCUT2D eigenvalue weighted by atomic mass is 9.86. The Kier molecular flexibility index (Phi) is 49.4. The van der Waals surface area contributed by atoms with E-state index < -0.39 is 0 Å². The number of nitrogens with one attached hydrogen (secondary N) is 1. The van der Waals surface area contributed by atoms with E-state index in [2.05, 4.69) is 17.8 Å². The molecule has 0 saturated carbocycles. The summed E-state index contributed by atoms with van der Waals surface area (Å²) in [5.41, 5.74) is 6.66. The second-order valence-electron chi connectivity index (χ2n) is 33.8. The minimum absolute atomic E-state index is 0.140. The SMILES string of the molecule is C#Cc1ccc(C(=O)C(C)(C)C)cc1.C=Cc1ccc(C(=O)C(C)(C)C)cc1.CC.CC.CC.CC(C)(C)C(=O)c1ccccc1.CC(C)(C)C(=O)c1ccccc1.CC(C)(C)C(=O)c1ccccc1.CCOc1ccc(C(=O)C(C)(C)C)cc1.CNc1ccc(C(=O)C(C)(C)C)cc1.CSc1ccc(C(=O)C(C)(C)C)cc1. The molecule has 0 atom stereocenters. The summed E-state index contributed by atoms with van der Waals surface area (Å²) in [5.74, 6) is 4.77. The number of hydrogen-bond donors (Lipinski definition) is 1. The largest absolute Gasteiger partial charge is 0.494 e. The normalized spacial score (nSPS) is 10.7. The van der Waals surface area contributed by atoms with E-state index in [0.717, 1.165) is 67.1 Å². The maximum atomic E-state index is 11.9. The Morgan fingerprint density at radius 1 is 0.336 bits per heavy atom. The molecule has 0 aliphatic heterocycles. The molecule has 8 aromatic carbocycles. The fraction of sp³-hybridized carbons (Fsp3) is 0.412. The molecule has 0 unspecified atom stereocenters. The van der Waals surface area contributed by atoms with Gasteiger partial charge in [-0.05, 0) is 91.5 Å². The Balaban J connectivity index is -0.00000121. The lowest BCUT2D eigenvalue weighted by molar-refractivity contribution is 0.0852. The first-order valence-electron chi connectivity index (χ1n) is 39.3. The number of rotatable bonds is 13. The van der Waals surface area contributed by atoms with E-state index in [9.17, 15) is 38.4 Å². The van der Waals surface area contributed by atoms with Gasteiger partial charge in [-0.1, -0.05) is 366 Å². The lowest BCUT2D eigenvalue weighted by Crippen LogP contribution is -2.19. The van der Waals surface area contributed by atoms with Crippen LogP contribution in [0.4, 0.5) is 5.69 Å². The molecule has 0 fully saturated rings. The van der Waals surface area contributed by atoms with Crippen LogP contribution in [-0.2, 0) is 0 Å². The zero-order chi connectivity index (χ0) is 88.1. The molecule has 8 aromatic rings. The van der Waals surface area contributed by atoms with Crippen molar-refractivity contribution in [3.05, 3.63) is 275 Å². The Hall–Kier alpha value is -9.63. The monoisotopic (exact) mass is 1560 g/mol. The van der Waals surface area contributed by atoms with E-state index in [1.165, 1.54) is 4.90 Å². The van der Waals surface area contributed by atoms with E-state index >= 15 is 0 Å². The van der Waals surface area contributed by atoms with Gasteiger partial charge < -0.3 is 10.1 Å². The van der Waals surface area contributed by atoms with Crippen molar-refractivity contribution >= 4 is 69.8 Å². The van der Waals surface area contributed by atoms with Gasteiger partial charge in [-0.15, -0.1) is 18.2 Å². The van der Waals surface area contributed by atoms with Crippen LogP contribution in [0.25, 0.3) is 6.08 Å². The van der Waals surface area contributed by atoms with Crippen LogP contribution in [0.5, 0.6) is 5.75 Å². The number of ketones is 8. The van der Waals surface area contributed by atoms with Crippen molar-refractivity contribution < 1.29 is 43.1 Å². The highest BCUT2D eigenvalue weighted by Gasteiger charge is 2.28. The molecule has 113 heavy (non-hydrogen) atoms. The van der Waals surface area contributed by atoms with E-state index in [1.54, 1.807) is 42.1 Å². The lowest BCUT2D eigenvalue weighted by Gasteiger charge is -2.16. The first-order valence-corrected chi connectivity index (χ1v) is 40.5. The first kappa shape index (κ1) is 108. The molecule has 614 valence electrons. The van der Waals surface area contributed by atoms with Gasteiger partial charge in [0.15, 0.2) is 46.3 Å². The topological polar surface area (TPSA) is 158 Å². The van der Waals surface area contributed by atoms with Gasteiger partial charge in [0.05, 0.1) is 6.61 Å². The van der Waals surface area contributed by atoms with Gasteiger partial charge in [-0.25, -0.2) is 0 Å². The van der Waals surface area contributed by atoms with Crippen molar-refractivity contribution in [3.8, 4) is 18.1 Å². The molecular formula is C102H141NO9S. The highest BCUT2D eigenvalue weighted by Crippen LogP contribution is 2.28. The first-order chi connectivity index (χ1) is 52.3. The van der Waals surface area contributed by atoms with Gasteiger partial charge >= 0.3 is 0 Å². The molecule has 0 heterocycles. The highest BCUT2D eigenvalue weighted by atomic mass is 32.2. The maximum absolute atomic E-state index is 11.9. The average molecular weight is 1560 g/mol. The van der Waals surface area contributed by atoms with Crippen LogP contribution < -0.4 is 10.1 Å². The molecule has 0 aliphatic carbocycles. The van der Waals surface area contributed by atoms with Crippen LogP contribution in [0.1, 0.15) is 309 Å². The van der Waals surface area contributed by atoms with Crippen molar-refractivity contribution in [1.29, 1.82) is 0 Å². The number of carbonyl (C=O) groups is 8. The third-order valence-corrected chi connectivity index (χ3v) is 16.2. The number of hydrogen-bond acceptors (Lipinski definition) is 11. The third-order valence-electron chi connectivity index (χ3n) is 15.5. The number of thioether (sulfide) groups is 1. The number of Topliss-reactive ketones (excluding diaryl/α,β-unsaturated/α-hetero) is 8. The van der Waals surface area contributed by atoms with Gasteiger partial charge in [0.1, 0.15) is 5.75 Å². The molecule has 0 aromatic heterocycles. The standard InChI is InChI=1S/C13H18O2.C13H16O.C13H14O.C12H17NO.C12H16OS.3C11H14O.3C2H6/c1-5-15-11-8-6-10(7-9-11)12(14)13(2,3)4;2*1-5-10-6-8-11(9-7-10)12(14)13(2,3)4;1-12(2,3)11(14)9-5-7-10(13-4)8-6-9;1-12(2,3)11(13)9-5-7-10(14-4)8-6-9;3*1-11(2,3)10(12)9-7-5-4-6-8-9;3*1-2/h6-9H,5H2,1-4H3;5-9H,1H2,2-4H3;1,6-9H,2-4H3;5-8,13H,1-4H3;5-8H,1-4H3;3*4-8H,1-3H3;3*1-2H3. The zero-order valence-electron chi connectivity index (χ0n) is 75.4. The summed E-state index contributed by atoms with van der Waals surface area (Å²) in [7, 11) is 1.86. The van der Waals surface area contributed by atoms with Crippen molar-refractivity contribution in [2.75, 3.05) is 25.2 Å². The molecule has 8 rings (SSSR count). The summed E-state index contributed by atoms with van der Waals surface area (Å²) in [5, 5.41) is 3.02. The second kappa shape index (κ2) is 51.9. The Morgan fingerprint density at radius 3 is 0.735 bits per heavy atom. The van der Waals surface area contributed by atoms with Crippen LogP contribution in [0.2, 0.25) is 0 Å². The van der Waals surface area contributed by atoms with Crippen LogP contribution in [-0.4, -0.2) is 66.2 Å².